The van der Waals surface area contributed by atoms with Gasteiger partial charge in [-0.15, -0.1) is 0 Å². The molecule has 2 heterocycles. The summed E-state index contributed by atoms with van der Waals surface area (Å²) in [6, 6.07) is 31.4. The van der Waals surface area contributed by atoms with Crippen molar-refractivity contribution in [1.29, 1.82) is 5.26 Å². The molecule has 1 fully saturated rings. The molecule has 1 N–H and O–H groups in total. The minimum absolute atomic E-state index is 0.0650. The summed E-state index contributed by atoms with van der Waals surface area (Å²) in [6.45, 7) is 2.75. The third kappa shape index (κ3) is 5.32. The summed E-state index contributed by atoms with van der Waals surface area (Å²) in [6.07, 6.45) is 3.49. The normalized spacial score (nSPS) is 14.2. The van der Waals surface area contributed by atoms with Crippen molar-refractivity contribution in [3.05, 3.63) is 114 Å². The van der Waals surface area contributed by atoms with Crippen LogP contribution in [0.1, 0.15) is 34.5 Å². The largest absolute Gasteiger partial charge is 0.455 e. The fraction of sp³-hybridized carbons (Fsp3) is 0.200. The molecule has 5 rings (SSSR count). The molecule has 0 spiro atoms. The van der Waals surface area contributed by atoms with Gasteiger partial charge in [0.05, 0.1) is 11.3 Å². The summed E-state index contributed by atoms with van der Waals surface area (Å²) >= 11 is 0. The van der Waals surface area contributed by atoms with E-state index in [1.165, 1.54) is 5.56 Å². The molecule has 0 atom stereocenters. The van der Waals surface area contributed by atoms with Crippen molar-refractivity contribution < 1.29 is 9.53 Å². The van der Waals surface area contributed by atoms with Crippen molar-refractivity contribution in [2.45, 2.75) is 25.4 Å². The van der Waals surface area contributed by atoms with Crippen LogP contribution in [0.15, 0.2) is 97.2 Å². The molecule has 1 aliphatic heterocycles. The highest BCUT2D eigenvalue weighted by molar-refractivity contribution is 5.96. The van der Waals surface area contributed by atoms with Gasteiger partial charge in [0.1, 0.15) is 17.5 Å². The predicted octanol–water partition coefficient (Wildman–Crippen LogP) is 5.54. The highest BCUT2D eigenvalue weighted by atomic mass is 16.5. The molecule has 180 valence electrons. The van der Waals surface area contributed by atoms with Crippen LogP contribution in [0.5, 0.6) is 11.5 Å². The summed E-state index contributed by atoms with van der Waals surface area (Å²) in [5, 5.41) is 12.9. The van der Waals surface area contributed by atoms with Gasteiger partial charge in [-0.3, -0.25) is 9.69 Å². The van der Waals surface area contributed by atoms with Crippen molar-refractivity contribution in [1.82, 2.24) is 14.8 Å². The van der Waals surface area contributed by atoms with Crippen LogP contribution in [0.2, 0.25) is 0 Å². The molecule has 0 saturated carbocycles. The fourth-order valence-electron chi connectivity index (χ4n) is 4.64. The van der Waals surface area contributed by atoms with Gasteiger partial charge >= 0.3 is 0 Å². The molecule has 0 aliphatic carbocycles. The van der Waals surface area contributed by atoms with Crippen LogP contribution in [0, 0.1) is 11.3 Å². The first-order valence-electron chi connectivity index (χ1n) is 12.2. The summed E-state index contributed by atoms with van der Waals surface area (Å²) in [4.78, 5) is 15.9. The lowest BCUT2D eigenvalue weighted by molar-refractivity contribution is 0.0902. The number of piperidine rings is 1. The number of nitriles is 1. The van der Waals surface area contributed by atoms with Gasteiger partial charge < -0.3 is 14.6 Å². The number of aromatic nitrogens is 1. The number of para-hydroxylation sites is 3. The van der Waals surface area contributed by atoms with Gasteiger partial charge in [-0.05, 0) is 48.7 Å². The monoisotopic (exact) mass is 476 g/mol. The molecular formula is C30H28N4O2. The third-order valence-electron chi connectivity index (χ3n) is 6.49. The topological polar surface area (TPSA) is 70.3 Å². The Morgan fingerprint density at radius 2 is 1.58 bits per heavy atom. The standard InChI is InChI=1S/C30H28N4O2/c31-21-24-15-20-34(27-13-7-8-14-28(27)36-26-11-5-2-6-12-26)29(24)30(35)32-25-16-18-33(19-17-25)22-23-9-3-1-4-10-23/h1-15,20,25H,16-19,22H2,(H,32,35). The average molecular weight is 477 g/mol. The molecule has 6 heteroatoms. The first kappa shape index (κ1) is 23.4. The highest BCUT2D eigenvalue weighted by Crippen LogP contribution is 2.30. The molecule has 1 aliphatic rings. The maximum absolute atomic E-state index is 13.5. The van der Waals surface area contributed by atoms with Crippen LogP contribution in [0.25, 0.3) is 5.69 Å². The summed E-state index contributed by atoms with van der Waals surface area (Å²) in [7, 11) is 0. The lowest BCUT2D eigenvalue weighted by Gasteiger charge is -2.32. The Kier molecular flexibility index (Phi) is 7.11. The minimum Gasteiger partial charge on any atom is -0.455 e. The number of likely N-dealkylation sites (tertiary alicyclic amines) is 1. The smallest absolute Gasteiger partial charge is 0.269 e. The van der Waals surface area contributed by atoms with Gasteiger partial charge in [0.15, 0.2) is 5.75 Å². The van der Waals surface area contributed by atoms with Gasteiger partial charge in [0, 0.05) is 31.9 Å². The number of carbonyl (C=O) groups is 1. The SMILES string of the molecule is N#Cc1ccn(-c2ccccc2Oc2ccccc2)c1C(=O)NC1CCN(Cc2ccccc2)CC1. The van der Waals surface area contributed by atoms with Crippen LogP contribution in [-0.4, -0.2) is 34.5 Å². The van der Waals surface area contributed by atoms with Crippen LogP contribution in [-0.2, 0) is 6.54 Å². The van der Waals surface area contributed by atoms with Crippen molar-refractivity contribution in [3.8, 4) is 23.3 Å². The molecule has 6 nitrogen and oxygen atoms in total. The van der Waals surface area contributed by atoms with E-state index in [1.54, 1.807) is 16.8 Å². The number of nitrogens with zero attached hydrogens (tertiary/aromatic N) is 3. The van der Waals surface area contributed by atoms with E-state index >= 15 is 0 Å². The molecule has 1 aromatic heterocycles. The summed E-state index contributed by atoms with van der Waals surface area (Å²) in [5.74, 6) is 1.06. The highest BCUT2D eigenvalue weighted by Gasteiger charge is 2.25. The van der Waals surface area contributed by atoms with Gasteiger partial charge in [0.2, 0.25) is 0 Å². The molecule has 4 aromatic rings. The van der Waals surface area contributed by atoms with E-state index in [9.17, 15) is 10.1 Å². The Morgan fingerprint density at radius 3 is 2.31 bits per heavy atom. The van der Waals surface area contributed by atoms with E-state index in [4.69, 9.17) is 4.74 Å². The Morgan fingerprint density at radius 1 is 0.917 bits per heavy atom. The Labute approximate surface area is 211 Å². The number of amides is 1. The second-order valence-electron chi connectivity index (χ2n) is 8.95. The molecule has 0 bridgehead atoms. The Bertz CT molecular complexity index is 1350. The van der Waals surface area contributed by atoms with Crippen LogP contribution >= 0.6 is 0 Å². The molecule has 3 aromatic carbocycles. The van der Waals surface area contributed by atoms with Crippen molar-refractivity contribution >= 4 is 5.91 Å². The lowest BCUT2D eigenvalue weighted by atomic mass is 10.0. The summed E-state index contributed by atoms with van der Waals surface area (Å²) < 4.78 is 7.86. The first-order chi connectivity index (χ1) is 17.7. The minimum atomic E-state index is -0.243. The van der Waals surface area contributed by atoms with Gasteiger partial charge in [0.25, 0.3) is 5.91 Å². The molecule has 0 unspecified atom stereocenters. The zero-order chi connectivity index (χ0) is 24.7. The number of nitrogens with one attached hydrogen (secondary N) is 1. The van der Waals surface area contributed by atoms with E-state index in [1.807, 2.05) is 60.7 Å². The van der Waals surface area contributed by atoms with E-state index in [-0.39, 0.29) is 11.9 Å². The number of ether oxygens (including phenoxy) is 1. The Balaban J connectivity index is 1.31. The van der Waals surface area contributed by atoms with E-state index < -0.39 is 0 Å². The molecule has 1 saturated heterocycles. The number of benzene rings is 3. The van der Waals surface area contributed by atoms with Crippen molar-refractivity contribution in [3.63, 3.8) is 0 Å². The maximum Gasteiger partial charge on any atom is 0.269 e. The van der Waals surface area contributed by atoms with E-state index in [0.717, 1.165) is 32.5 Å². The number of carbonyl (C=O) groups excluding carboxylic acids is 1. The number of rotatable bonds is 7. The van der Waals surface area contributed by atoms with Crippen LogP contribution in [0.3, 0.4) is 0 Å². The molecule has 36 heavy (non-hydrogen) atoms. The Hall–Kier alpha value is -4.34. The quantitative estimate of drug-likeness (QED) is 0.380. The van der Waals surface area contributed by atoms with Crippen molar-refractivity contribution in [2.75, 3.05) is 13.1 Å². The van der Waals surface area contributed by atoms with Gasteiger partial charge in [-0.2, -0.15) is 5.26 Å². The predicted molar refractivity (Wildman–Crippen MR) is 139 cm³/mol. The van der Waals surface area contributed by atoms with E-state index in [0.29, 0.717) is 28.4 Å². The van der Waals surface area contributed by atoms with Crippen molar-refractivity contribution in [2.24, 2.45) is 0 Å². The maximum atomic E-state index is 13.5. The molecule has 0 radical (unpaired) electrons. The lowest BCUT2D eigenvalue weighted by Crippen LogP contribution is -2.44. The summed E-state index contributed by atoms with van der Waals surface area (Å²) in [5.41, 5.74) is 2.66. The zero-order valence-electron chi connectivity index (χ0n) is 20.0. The zero-order valence-corrected chi connectivity index (χ0v) is 20.0. The van der Waals surface area contributed by atoms with Crippen LogP contribution in [0.4, 0.5) is 0 Å². The van der Waals surface area contributed by atoms with Crippen LogP contribution < -0.4 is 10.1 Å². The molecular weight excluding hydrogens is 448 g/mol. The van der Waals surface area contributed by atoms with E-state index in [2.05, 4.69) is 40.6 Å². The second kappa shape index (κ2) is 10.9. The number of hydrogen-bond acceptors (Lipinski definition) is 4. The number of hydrogen-bond donors (Lipinski definition) is 1. The molecule has 1 amide bonds. The fourth-order valence-corrected chi connectivity index (χ4v) is 4.64. The van der Waals surface area contributed by atoms with Gasteiger partial charge in [-0.25, -0.2) is 0 Å². The third-order valence-corrected chi connectivity index (χ3v) is 6.49. The first-order valence-corrected chi connectivity index (χ1v) is 12.2. The second-order valence-corrected chi connectivity index (χ2v) is 8.95. The van der Waals surface area contributed by atoms with Gasteiger partial charge in [-0.1, -0.05) is 60.7 Å². The average Bonchev–Trinajstić information content (AvgIpc) is 3.36.